The van der Waals surface area contributed by atoms with Crippen LogP contribution in [-0.4, -0.2) is 67.1 Å². The van der Waals surface area contributed by atoms with E-state index in [4.69, 9.17) is 9.47 Å². The molecule has 0 bridgehead atoms. The van der Waals surface area contributed by atoms with Crippen molar-refractivity contribution in [3.8, 4) is 5.75 Å². The number of carbonyl (C=O) groups excluding carboxylic acids is 3. The smallest absolute Gasteiger partial charge is 0.409 e. The molecule has 0 aliphatic carbocycles. The summed E-state index contributed by atoms with van der Waals surface area (Å²) in [4.78, 5) is 46.3. The van der Waals surface area contributed by atoms with Gasteiger partial charge in [-0.05, 0) is 61.9 Å². The Hall–Kier alpha value is -3.98. The minimum atomic E-state index is -0.352. The van der Waals surface area contributed by atoms with Crippen LogP contribution < -0.4 is 9.64 Å². The van der Waals surface area contributed by atoms with Crippen molar-refractivity contribution in [1.29, 1.82) is 0 Å². The zero-order valence-electron chi connectivity index (χ0n) is 22.1. The van der Waals surface area contributed by atoms with Crippen molar-refractivity contribution in [2.24, 2.45) is 0 Å². The van der Waals surface area contributed by atoms with E-state index in [1.54, 1.807) is 21.6 Å². The monoisotopic (exact) mass is 545 g/mol. The zero-order valence-corrected chi connectivity index (χ0v) is 22.9. The van der Waals surface area contributed by atoms with E-state index in [1.807, 2.05) is 73.7 Å². The molecule has 3 amide bonds. The third kappa shape index (κ3) is 5.73. The number of rotatable bonds is 6. The van der Waals surface area contributed by atoms with E-state index < -0.39 is 0 Å². The Kier molecular flexibility index (Phi) is 8.07. The van der Waals surface area contributed by atoms with Crippen LogP contribution in [0.1, 0.15) is 40.1 Å². The molecule has 0 saturated carbocycles. The van der Waals surface area contributed by atoms with E-state index >= 15 is 0 Å². The second-order valence-corrected chi connectivity index (χ2v) is 10.3. The van der Waals surface area contributed by atoms with Crippen molar-refractivity contribution < 1.29 is 23.9 Å². The Morgan fingerprint density at radius 1 is 0.846 bits per heavy atom. The van der Waals surface area contributed by atoms with Crippen molar-refractivity contribution in [3.05, 3.63) is 83.4 Å². The first-order valence-electron chi connectivity index (χ1n) is 13.1. The van der Waals surface area contributed by atoms with Gasteiger partial charge < -0.3 is 24.2 Å². The van der Waals surface area contributed by atoms with Crippen LogP contribution in [0.5, 0.6) is 5.75 Å². The number of fused-ring (bicyclic) bond motifs is 2. The van der Waals surface area contributed by atoms with E-state index in [-0.39, 0.29) is 17.9 Å². The van der Waals surface area contributed by atoms with Gasteiger partial charge in [0.2, 0.25) is 0 Å². The van der Waals surface area contributed by atoms with Crippen LogP contribution >= 0.6 is 11.8 Å². The van der Waals surface area contributed by atoms with Crippen molar-refractivity contribution in [3.63, 3.8) is 0 Å². The second kappa shape index (κ2) is 11.8. The molecule has 9 heteroatoms. The molecule has 3 aromatic rings. The summed E-state index contributed by atoms with van der Waals surface area (Å²) < 4.78 is 10.7. The molecule has 39 heavy (non-hydrogen) atoms. The summed E-state index contributed by atoms with van der Waals surface area (Å²) in [5.74, 6) is 0.542. The number of nitrogens with zero attached hydrogens (tertiary/aromatic N) is 3. The minimum Gasteiger partial charge on any atom is -0.494 e. The summed E-state index contributed by atoms with van der Waals surface area (Å²) in [5, 5.41) is 0. The summed E-state index contributed by atoms with van der Waals surface area (Å²) in [6, 6.07) is 20.9. The molecular weight excluding hydrogens is 514 g/mol. The van der Waals surface area contributed by atoms with Crippen molar-refractivity contribution in [2.75, 3.05) is 44.3 Å². The molecule has 2 aliphatic rings. The van der Waals surface area contributed by atoms with E-state index in [0.717, 1.165) is 21.1 Å². The predicted molar refractivity (Wildman–Crippen MR) is 150 cm³/mol. The summed E-state index contributed by atoms with van der Waals surface area (Å²) in [5.41, 5.74) is 2.79. The molecule has 0 aromatic heterocycles. The maximum Gasteiger partial charge on any atom is 0.409 e. The molecule has 202 valence electrons. The number of anilines is 1. The zero-order chi connectivity index (χ0) is 27.4. The lowest BCUT2D eigenvalue weighted by Crippen LogP contribution is -2.50. The standard InChI is InChI=1S/C30H31N3O5S/c1-3-37-23-12-9-21(10-13-23)20-33-25-19-22(28(34)31-15-17-32(18-16-31)30(36)38-4-2)11-14-27(25)39-26-8-6-5-7-24(26)29(33)35/h5-14,19H,3-4,15-18,20H2,1-2H3. The van der Waals surface area contributed by atoms with Gasteiger partial charge in [0.1, 0.15) is 5.75 Å². The van der Waals surface area contributed by atoms with Gasteiger partial charge in [0.15, 0.2) is 0 Å². The summed E-state index contributed by atoms with van der Waals surface area (Å²) >= 11 is 1.53. The van der Waals surface area contributed by atoms with Gasteiger partial charge in [-0.25, -0.2) is 4.79 Å². The van der Waals surface area contributed by atoms with E-state index in [2.05, 4.69) is 0 Å². The highest BCUT2D eigenvalue weighted by Crippen LogP contribution is 2.42. The lowest BCUT2D eigenvalue weighted by molar-refractivity contribution is 0.0570. The van der Waals surface area contributed by atoms with Crippen LogP contribution in [0.2, 0.25) is 0 Å². The predicted octanol–water partition coefficient (Wildman–Crippen LogP) is 5.31. The van der Waals surface area contributed by atoms with Gasteiger partial charge >= 0.3 is 6.09 Å². The third-order valence-electron chi connectivity index (χ3n) is 6.75. The van der Waals surface area contributed by atoms with Gasteiger partial charge in [-0.3, -0.25) is 9.59 Å². The molecule has 1 saturated heterocycles. The lowest BCUT2D eigenvalue weighted by Gasteiger charge is -2.34. The highest BCUT2D eigenvalue weighted by molar-refractivity contribution is 7.99. The van der Waals surface area contributed by atoms with Gasteiger partial charge in [0.25, 0.3) is 11.8 Å². The Balaban J connectivity index is 1.43. The van der Waals surface area contributed by atoms with Gasteiger partial charge in [0.05, 0.1) is 31.0 Å². The number of amides is 3. The lowest BCUT2D eigenvalue weighted by atomic mass is 10.1. The number of hydrogen-bond acceptors (Lipinski definition) is 6. The molecule has 3 aromatic carbocycles. The van der Waals surface area contributed by atoms with Crippen LogP contribution in [-0.2, 0) is 11.3 Å². The first-order valence-corrected chi connectivity index (χ1v) is 14.0. The summed E-state index contributed by atoms with van der Waals surface area (Å²) in [6.07, 6.45) is -0.352. The quantitative estimate of drug-likeness (QED) is 0.418. The van der Waals surface area contributed by atoms with E-state index in [0.29, 0.717) is 62.8 Å². The summed E-state index contributed by atoms with van der Waals surface area (Å²) in [7, 11) is 0. The fourth-order valence-electron chi connectivity index (χ4n) is 4.74. The number of ether oxygens (including phenoxy) is 2. The van der Waals surface area contributed by atoms with Crippen LogP contribution in [0.4, 0.5) is 10.5 Å². The second-order valence-electron chi connectivity index (χ2n) is 9.23. The third-order valence-corrected chi connectivity index (χ3v) is 7.89. The highest BCUT2D eigenvalue weighted by Gasteiger charge is 2.30. The molecule has 2 aliphatic heterocycles. The fraction of sp³-hybridized carbons (Fsp3) is 0.300. The normalized spacial score (nSPS) is 14.8. The maximum atomic E-state index is 13.9. The van der Waals surface area contributed by atoms with E-state index in [9.17, 15) is 14.4 Å². The molecule has 8 nitrogen and oxygen atoms in total. The van der Waals surface area contributed by atoms with E-state index in [1.165, 1.54) is 11.8 Å². The molecule has 0 N–H and O–H groups in total. The Morgan fingerprint density at radius 2 is 1.56 bits per heavy atom. The van der Waals surface area contributed by atoms with Gasteiger partial charge in [-0.15, -0.1) is 0 Å². The Morgan fingerprint density at radius 3 is 2.28 bits per heavy atom. The average Bonchev–Trinajstić information content (AvgIpc) is 3.08. The minimum absolute atomic E-state index is 0.113. The average molecular weight is 546 g/mol. The van der Waals surface area contributed by atoms with Crippen molar-refractivity contribution in [2.45, 2.75) is 30.2 Å². The van der Waals surface area contributed by atoms with Crippen molar-refractivity contribution >= 4 is 35.4 Å². The number of piperazine rings is 1. The molecular formula is C30H31N3O5S. The van der Waals surface area contributed by atoms with Gasteiger partial charge in [0, 0.05) is 41.5 Å². The Labute approximate surface area is 232 Å². The first-order chi connectivity index (χ1) is 19.0. The number of benzene rings is 3. The van der Waals surface area contributed by atoms with Gasteiger partial charge in [-0.2, -0.15) is 0 Å². The molecule has 0 spiro atoms. The molecule has 0 radical (unpaired) electrons. The van der Waals surface area contributed by atoms with Crippen molar-refractivity contribution in [1.82, 2.24) is 9.80 Å². The molecule has 1 fully saturated rings. The molecule has 0 unspecified atom stereocenters. The largest absolute Gasteiger partial charge is 0.494 e. The summed E-state index contributed by atoms with van der Waals surface area (Å²) in [6.45, 7) is 6.65. The highest BCUT2D eigenvalue weighted by atomic mass is 32.2. The Bertz CT molecular complexity index is 1370. The first kappa shape index (κ1) is 26.6. The topological polar surface area (TPSA) is 79.4 Å². The molecule has 5 rings (SSSR count). The van der Waals surface area contributed by atoms with Gasteiger partial charge in [-0.1, -0.05) is 36.0 Å². The number of hydrogen-bond donors (Lipinski definition) is 0. The van der Waals surface area contributed by atoms with Crippen LogP contribution in [0.15, 0.2) is 76.5 Å². The molecule has 0 atom stereocenters. The van der Waals surface area contributed by atoms with Crippen LogP contribution in [0.3, 0.4) is 0 Å². The maximum absolute atomic E-state index is 13.9. The fourth-order valence-corrected chi connectivity index (χ4v) is 5.80. The SMILES string of the molecule is CCOC(=O)N1CCN(C(=O)c2ccc3c(c2)N(Cc2ccc(OCC)cc2)C(=O)c2ccccc2S3)CC1. The van der Waals surface area contributed by atoms with Crippen LogP contribution in [0.25, 0.3) is 0 Å². The van der Waals surface area contributed by atoms with Crippen LogP contribution in [0, 0.1) is 0 Å². The number of carbonyl (C=O) groups is 3. The molecule has 2 heterocycles.